The van der Waals surface area contributed by atoms with E-state index in [1.165, 1.54) is 24.5 Å². The number of likely N-dealkylation sites (N-methyl/N-ethyl adjacent to an activating group) is 1. The highest BCUT2D eigenvalue weighted by Crippen LogP contribution is 2.38. The second-order valence-electron chi connectivity index (χ2n) is 10.4. The van der Waals surface area contributed by atoms with Crippen molar-refractivity contribution in [1.82, 2.24) is 14.9 Å². The maximum atomic E-state index is 15.6. The van der Waals surface area contributed by atoms with Crippen LogP contribution in [0.25, 0.3) is 11.1 Å². The van der Waals surface area contributed by atoms with Gasteiger partial charge in [-0.2, -0.15) is 13.2 Å². The fourth-order valence-corrected chi connectivity index (χ4v) is 5.00. The Bertz CT molecular complexity index is 1460. The molecular formula is C28H30F5N7O2. The number of halogens is 5. The molecule has 1 unspecified atom stereocenters. The van der Waals surface area contributed by atoms with Gasteiger partial charge in [0.1, 0.15) is 11.6 Å². The third kappa shape index (κ3) is 6.09. The minimum absolute atomic E-state index is 0.0411. The molecule has 1 atom stereocenters. The Morgan fingerprint density at radius 3 is 2.33 bits per heavy atom. The fraction of sp³-hybridized carbons (Fsp3) is 0.393. The molecule has 2 fully saturated rings. The van der Waals surface area contributed by atoms with Crippen LogP contribution in [-0.4, -0.2) is 79.8 Å². The first-order chi connectivity index (χ1) is 19.9. The molecule has 2 aromatic carbocycles. The molecule has 3 aromatic rings. The number of nitrogen functional groups attached to an aromatic ring is 1. The van der Waals surface area contributed by atoms with Gasteiger partial charge in [-0.1, -0.05) is 0 Å². The molecule has 2 aliphatic heterocycles. The van der Waals surface area contributed by atoms with Gasteiger partial charge in [-0.05, 0) is 38.2 Å². The monoisotopic (exact) mass is 591 g/mol. The molecule has 3 N–H and O–H groups in total. The van der Waals surface area contributed by atoms with Crippen LogP contribution >= 0.6 is 0 Å². The minimum Gasteiger partial charge on any atom is -0.396 e. The molecule has 0 bridgehead atoms. The minimum atomic E-state index is -5.02. The second kappa shape index (κ2) is 11.7. The Labute approximate surface area is 239 Å². The highest BCUT2D eigenvalue weighted by molar-refractivity contribution is 6.08. The van der Waals surface area contributed by atoms with E-state index in [-0.39, 0.29) is 23.4 Å². The topological polar surface area (TPSA) is 99.8 Å². The molecule has 224 valence electrons. The SMILES string of the molecule is CC1CN(c2cc(F)c(-c3cnc(N4CCOCC4)nc3)cc2NC(=O)c2cc(N)c(F)cc2C(F)(F)F)CCN1C. The van der Waals surface area contributed by atoms with Crippen LogP contribution in [0, 0.1) is 11.6 Å². The van der Waals surface area contributed by atoms with Gasteiger partial charge in [0.25, 0.3) is 5.91 Å². The first-order valence-electron chi connectivity index (χ1n) is 13.3. The Kier molecular flexibility index (Phi) is 8.19. The van der Waals surface area contributed by atoms with E-state index in [2.05, 4.69) is 20.2 Å². The summed E-state index contributed by atoms with van der Waals surface area (Å²) in [4.78, 5) is 27.9. The van der Waals surface area contributed by atoms with Gasteiger partial charge in [-0.25, -0.2) is 18.7 Å². The maximum Gasteiger partial charge on any atom is 0.417 e. The molecule has 5 rings (SSSR count). The predicted octanol–water partition coefficient (Wildman–Crippen LogP) is 4.25. The number of alkyl halides is 3. The van der Waals surface area contributed by atoms with Crippen molar-refractivity contribution in [2.75, 3.05) is 73.8 Å². The van der Waals surface area contributed by atoms with E-state index in [9.17, 15) is 22.4 Å². The fourth-order valence-electron chi connectivity index (χ4n) is 5.00. The number of benzene rings is 2. The summed E-state index contributed by atoms with van der Waals surface area (Å²) < 4.78 is 76.2. The van der Waals surface area contributed by atoms with E-state index < -0.39 is 40.5 Å². The summed E-state index contributed by atoms with van der Waals surface area (Å²) in [6.07, 6.45) is -2.13. The molecule has 0 saturated carbocycles. The van der Waals surface area contributed by atoms with E-state index in [0.29, 0.717) is 69.2 Å². The summed E-state index contributed by atoms with van der Waals surface area (Å²) in [6, 6.07) is 3.51. The number of aromatic nitrogens is 2. The molecule has 2 aliphatic rings. The number of piperazine rings is 1. The predicted molar refractivity (Wildman–Crippen MR) is 149 cm³/mol. The number of rotatable bonds is 5. The summed E-state index contributed by atoms with van der Waals surface area (Å²) in [5.41, 5.74) is 3.28. The summed E-state index contributed by atoms with van der Waals surface area (Å²) in [5.74, 6) is -2.64. The van der Waals surface area contributed by atoms with Gasteiger partial charge in [0.15, 0.2) is 0 Å². The smallest absolute Gasteiger partial charge is 0.396 e. The van der Waals surface area contributed by atoms with Gasteiger partial charge in [-0.15, -0.1) is 0 Å². The van der Waals surface area contributed by atoms with E-state index in [1.807, 2.05) is 23.8 Å². The molecule has 14 heteroatoms. The van der Waals surface area contributed by atoms with E-state index >= 15 is 4.39 Å². The lowest BCUT2D eigenvalue weighted by Crippen LogP contribution is -2.50. The molecule has 3 heterocycles. The summed E-state index contributed by atoms with van der Waals surface area (Å²) in [7, 11) is 1.95. The number of nitrogens with zero attached hydrogens (tertiary/aromatic N) is 5. The van der Waals surface area contributed by atoms with Crippen molar-refractivity contribution < 1.29 is 31.5 Å². The van der Waals surface area contributed by atoms with Gasteiger partial charge >= 0.3 is 6.18 Å². The highest BCUT2D eigenvalue weighted by atomic mass is 19.4. The summed E-state index contributed by atoms with van der Waals surface area (Å²) >= 11 is 0. The first kappa shape index (κ1) is 29.5. The Hall–Kier alpha value is -4.04. The van der Waals surface area contributed by atoms with Crippen LogP contribution in [0.1, 0.15) is 22.8 Å². The van der Waals surface area contributed by atoms with Gasteiger partial charge in [-0.3, -0.25) is 4.79 Å². The lowest BCUT2D eigenvalue weighted by atomic mass is 10.0. The summed E-state index contributed by atoms with van der Waals surface area (Å²) in [5, 5.41) is 2.51. The average molecular weight is 592 g/mol. The first-order valence-corrected chi connectivity index (χ1v) is 13.3. The van der Waals surface area contributed by atoms with Crippen molar-refractivity contribution in [2.45, 2.75) is 19.1 Å². The van der Waals surface area contributed by atoms with E-state index in [0.717, 1.165) is 0 Å². The van der Waals surface area contributed by atoms with Gasteiger partial charge in [0, 0.05) is 62.3 Å². The Balaban J connectivity index is 1.54. The lowest BCUT2D eigenvalue weighted by molar-refractivity contribution is -0.138. The van der Waals surface area contributed by atoms with Crippen LogP contribution in [0.2, 0.25) is 0 Å². The number of hydrogen-bond acceptors (Lipinski definition) is 8. The molecular weight excluding hydrogens is 561 g/mol. The van der Waals surface area contributed by atoms with E-state index in [1.54, 1.807) is 0 Å². The quantitative estimate of drug-likeness (QED) is 0.336. The van der Waals surface area contributed by atoms with Gasteiger partial charge in [0.05, 0.1) is 41.4 Å². The third-order valence-electron chi connectivity index (χ3n) is 7.56. The zero-order valence-electron chi connectivity index (χ0n) is 23.0. The number of carbonyl (C=O) groups is 1. The van der Waals surface area contributed by atoms with E-state index in [4.69, 9.17) is 10.5 Å². The molecule has 1 aromatic heterocycles. The van der Waals surface area contributed by atoms with Crippen LogP contribution in [0.4, 0.5) is 45.0 Å². The number of nitrogens with two attached hydrogens (primary N) is 1. The number of amides is 1. The van der Waals surface area contributed by atoms with Gasteiger partial charge in [0.2, 0.25) is 5.95 Å². The zero-order valence-corrected chi connectivity index (χ0v) is 23.0. The van der Waals surface area contributed by atoms with Crippen LogP contribution in [0.3, 0.4) is 0 Å². The van der Waals surface area contributed by atoms with Crippen LogP contribution < -0.4 is 20.9 Å². The molecule has 9 nitrogen and oxygen atoms in total. The van der Waals surface area contributed by atoms with Gasteiger partial charge < -0.3 is 30.5 Å². The second-order valence-corrected chi connectivity index (χ2v) is 10.4. The number of hydrogen-bond donors (Lipinski definition) is 2. The van der Waals surface area contributed by atoms with Crippen LogP contribution in [0.5, 0.6) is 0 Å². The Morgan fingerprint density at radius 1 is 1.00 bits per heavy atom. The maximum absolute atomic E-state index is 15.6. The standard InChI is InChI=1S/C28H30F5N7O2/c1-16-15-40(4-3-38(16)2)25-12-21(29)18(17-13-35-27(36-14-17)39-5-7-42-8-6-39)10-24(25)37-26(41)19-9-23(34)22(30)11-20(19)28(31,32)33/h9-14,16H,3-8,15,34H2,1-2H3,(H,37,41). The number of carbonyl (C=O) groups excluding carboxylic acids is 1. The van der Waals surface area contributed by atoms with Crippen molar-refractivity contribution in [2.24, 2.45) is 0 Å². The third-order valence-corrected chi connectivity index (χ3v) is 7.56. The Morgan fingerprint density at radius 2 is 1.69 bits per heavy atom. The number of ether oxygens (including phenoxy) is 1. The van der Waals surface area contributed by atoms with Crippen molar-refractivity contribution in [3.05, 3.63) is 59.4 Å². The van der Waals surface area contributed by atoms with Crippen molar-refractivity contribution >= 4 is 28.9 Å². The largest absolute Gasteiger partial charge is 0.417 e. The van der Waals surface area contributed by atoms with Crippen LogP contribution in [0.15, 0.2) is 36.7 Å². The van der Waals surface area contributed by atoms with Crippen molar-refractivity contribution in [3.8, 4) is 11.1 Å². The highest BCUT2D eigenvalue weighted by Gasteiger charge is 2.37. The normalized spacial score (nSPS) is 18.3. The van der Waals surface area contributed by atoms with Crippen molar-refractivity contribution in [3.63, 3.8) is 0 Å². The number of anilines is 4. The molecule has 42 heavy (non-hydrogen) atoms. The molecule has 2 saturated heterocycles. The van der Waals surface area contributed by atoms with Crippen molar-refractivity contribution in [1.29, 1.82) is 0 Å². The van der Waals surface area contributed by atoms with Crippen LogP contribution in [-0.2, 0) is 10.9 Å². The number of nitrogens with one attached hydrogen (secondary N) is 1. The number of morpholine rings is 1. The molecule has 0 spiro atoms. The molecule has 0 radical (unpaired) electrons. The molecule has 0 aliphatic carbocycles. The lowest BCUT2D eigenvalue weighted by Gasteiger charge is -2.39. The summed E-state index contributed by atoms with van der Waals surface area (Å²) in [6.45, 7) is 5.87. The average Bonchev–Trinajstić information content (AvgIpc) is 2.96. The molecule has 1 amide bonds. The zero-order chi connectivity index (χ0) is 30.2.